The van der Waals surface area contributed by atoms with Crippen molar-refractivity contribution in [2.75, 3.05) is 13.6 Å². The molecule has 0 aromatic heterocycles. The quantitative estimate of drug-likeness (QED) is 0.850. The number of amides is 2. The molecular weight excluding hydrogens is 251 g/mol. The first-order valence-electron chi connectivity index (χ1n) is 5.90. The fourth-order valence-corrected chi connectivity index (χ4v) is 1.47. The maximum absolute atomic E-state index is 13.3. The molecule has 1 aromatic carbocycles. The molecule has 0 saturated carbocycles. The lowest BCUT2D eigenvalue weighted by molar-refractivity contribution is -0.141. The van der Waals surface area contributed by atoms with Crippen LogP contribution >= 0.6 is 0 Å². The molecule has 1 aromatic rings. The maximum atomic E-state index is 13.3. The Labute approximate surface area is 111 Å². The number of hydrogen-bond acceptors (Lipinski definition) is 2. The van der Waals surface area contributed by atoms with Gasteiger partial charge in [0, 0.05) is 13.6 Å². The van der Waals surface area contributed by atoms with Crippen molar-refractivity contribution in [3.8, 4) is 0 Å². The molecule has 0 aliphatic rings. The molecule has 1 unspecified atom stereocenters. The predicted octanol–water partition coefficient (Wildman–Crippen LogP) is 1.48. The summed E-state index contributed by atoms with van der Waals surface area (Å²) in [6, 6.07) is 4.92. The minimum Gasteiger partial charge on any atom is -0.480 e. The molecule has 0 heterocycles. The molecular formula is C13H17FN2O3. The Balaban J connectivity index is 2.43. The van der Waals surface area contributed by atoms with Crippen molar-refractivity contribution in [2.45, 2.75) is 19.4 Å². The Morgan fingerprint density at radius 1 is 1.42 bits per heavy atom. The van der Waals surface area contributed by atoms with Crippen LogP contribution in [-0.4, -0.2) is 41.6 Å². The molecule has 5 nitrogen and oxygen atoms in total. The first kappa shape index (κ1) is 14.9. The molecule has 1 rings (SSSR count). The Morgan fingerprint density at radius 2 is 2.05 bits per heavy atom. The Kier molecular flexibility index (Phi) is 5.29. The van der Waals surface area contributed by atoms with Gasteiger partial charge in [-0.05, 0) is 25.0 Å². The van der Waals surface area contributed by atoms with Gasteiger partial charge in [-0.3, -0.25) is 0 Å². The van der Waals surface area contributed by atoms with Gasteiger partial charge in [-0.1, -0.05) is 18.2 Å². The zero-order valence-electron chi connectivity index (χ0n) is 10.9. The van der Waals surface area contributed by atoms with Gasteiger partial charge in [0.2, 0.25) is 0 Å². The third-order valence-electron chi connectivity index (χ3n) is 2.89. The average molecular weight is 268 g/mol. The van der Waals surface area contributed by atoms with Crippen LogP contribution in [0.25, 0.3) is 0 Å². The highest BCUT2D eigenvalue weighted by atomic mass is 19.1. The SMILES string of the molecule is CC(C(=O)O)N(C)C(=O)NCCc1ccccc1F. The van der Waals surface area contributed by atoms with Crippen LogP contribution < -0.4 is 5.32 Å². The minimum atomic E-state index is -1.08. The van der Waals surface area contributed by atoms with E-state index in [2.05, 4.69) is 5.32 Å². The van der Waals surface area contributed by atoms with E-state index in [0.717, 1.165) is 4.90 Å². The molecule has 2 amide bonds. The summed E-state index contributed by atoms with van der Waals surface area (Å²) in [4.78, 5) is 23.4. The van der Waals surface area contributed by atoms with Crippen molar-refractivity contribution in [3.05, 3.63) is 35.6 Å². The van der Waals surface area contributed by atoms with Crippen LogP contribution in [0.15, 0.2) is 24.3 Å². The van der Waals surface area contributed by atoms with Crippen LogP contribution in [0.4, 0.5) is 9.18 Å². The van der Waals surface area contributed by atoms with Crippen LogP contribution in [-0.2, 0) is 11.2 Å². The largest absolute Gasteiger partial charge is 0.480 e. The molecule has 19 heavy (non-hydrogen) atoms. The number of carboxylic acids is 1. The topological polar surface area (TPSA) is 69.6 Å². The zero-order chi connectivity index (χ0) is 14.4. The van der Waals surface area contributed by atoms with Gasteiger partial charge in [0.15, 0.2) is 0 Å². The molecule has 0 bridgehead atoms. The van der Waals surface area contributed by atoms with Gasteiger partial charge in [-0.15, -0.1) is 0 Å². The van der Waals surface area contributed by atoms with Crippen molar-refractivity contribution in [2.24, 2.45) is 0 Å². The fraction of sp³-hybridized carbons (Fsp3) is 0.385. The predicted molar refractivity (Wildman–Crippen MR) is 68.4 cm³/mol. The summed E-state index contributed by atoms with van der Waals surface area (Å²) in [5.41, 5.74) is 0.511. The second-order valence-corrected chi connectivity index (χ2v) is 4.20. The van der Waals surface area contributed by atoms with Crippen LogP contribution in [0.1, 0.15) is 12.5 Å². The van der Waals surface area contributed by atoms with Gasteiger partial charge in [0.25, 0.3) is 0 Å². The number of halogens is 1. The van der Waals surface area contributed by atoms with Gasteiger partial charge in [0.1, 0.15) is 11.9 Å². The van der Waals surface area contributed by atoms with Gasteiger partial charge >= 0.3 is 12.0 Å². The summed E-state index contributed by atoms with van der Waals surface area (Å²) in [6.45, 7) is 1.66. The Hall–Kier alpha value is -2.11. The minimum absolute atomic E-state index is 0.246. The number of likely N-dealkylation sites (N-methyl/N-ethyl adjacent to an activating group) is 1. The summed E-state index contributed by atoms with van der Waals surface area (Å²) < 4.78 is 13.3. The van der Waals surface area contributed by atoms with Crippen molar-refractivity contribution in [1.82, 2.24) is 10.2 Å². The number of carbonyl (C=O) groups excluding carboxylic acids is 1. The lowest BCUT2D eigenvalue weighted by Gasteiger charge is -2.21. The Bertz CT molecular complexity index is 465. The molecule has 0 radical (unpaired) electrons. The summed E-state index contributed by atoms with van der Waals surface area (Å²) in [6.07, 6.45) is 0.355. The number of aliphatic carboxylic acids is 1. The van der Waals surface area contributed by atoms with Crippen LogP contribution in [0.3, 0.4) is 0 Å². The number of hydrogen-bond donors (Lipinski definition) is 2. The summed E-state index contributed by atoms with van der Waals surface area (Å²) in [7, 11) is 1.40. The van der Waals surface area contributed by atoms with E-state index in [4.69, 9.17) is 5.11 Å². The molecule has 0 spiro atoms. The molecule has 0 aliphatic carbocycles. The van der Waals surface area contributed by atoms with Crippen LogP contribution in [0.5, 0.6) is 0 Å². The van der Waals surface area contributed by atoms with E-state index in [9.17, 15) is 14.0 Å². The highest BCUT2D eigenvalue weighted by molar-refractivity contribution is 5.82. The molecule has 6 heteroatoms. The van der Waals surface area contributed by atoms with Gasteiger partial charge in [-0.25, -0.2) is 14.0 Å². The van der Waals surface area contributed by atoms with E-state index in [-0.39, 0.29) is 12.4 Å². The summed E-state index contributed by atoms with van der Waals surface area (Å²) in [5.74, 6) is -1.39. The van der Waals surface area contributed by atoms with E-state index < -0.39 is 18.0 Å². The highest BCUT2D eigenvalue weighted by Gasteiger charge is 2.21. The smallest absolute Gasteiger partial charge is 0.326 e. The van der Waals surface area contributed by atoms with E-state index in [1.807, 2.05) is 0 Å². The van der Waals surface area contributed by atoms with E-state index in [1.54, 1.807) is 18.2 Å². The third-order valence-corrected chi connectivity index (χ3v) is 2.89. The molecule has 0 saturated heterocycles. The second kappa shape index (κ2) is 6.72. The first-order chi connectivity index (χ1) is 8.93. The average Bonchev–Trinajstić information content (AvgIpc) is 2.38. The van der Waals surface area contributed by atoms with Gasteiger partial charge in [0.05, 0.1) is 0 Å². The molecule has 0 aliphatic heterocycles. The maximum Gasteiger partial charge on any atom is 0.326 e. The lowest BCUT2D eigenvalue weighted by atomic mass is 10.1. The van der Waals surface area contributed by atoms with E-state index in [1.165, 1.54) is 20.0 Å². The molecule has 1 atom stereocenters. The van der Waals surface area contributed by atoms with Crippen molar-refractivity contribution in [1.29, 1.82) is 0 Å². The lowest BCUT2D eigenvalue weighted by Crippen LogP contribution is -2.46. The number of urea groups is 1. The number of benzene rings is 1. The fourth-order valence-electron chi connectivity index (χ4n) is 1.47. The third kappa shape index (κ3) is 4.24. The second-order valence-electron chi connectivity index (χ2n) is 4.20. The number of nitrogens with zero attached hydrogens (tertiary/aromatic N) is 1. The number of carboxylic acid groups (broad SMARTS) is 1. The van der Waals surface area contributed by atoms with E-state index in [0.29, 0.717) is 12.0 Å². The van der Waals surface area contributed by atoms with Crippen LogP contribution in [0, 0.1) is 5.82 Å². The summed E-state index contributed by atoms with van der Waals surface area (Å²) in [5, 5.41) is 11.3. The molecule has 0 fully saturated rings. The first-order valence-corrected chi connectivity index (χ1v) is 5.90. The van der Waals surface area contributed by atoms with Gasteiger partial charge in [-0.2, -0.15) is 0 Å². The number of nitrogens with one attached hydrogen (secondary N) is 1. The van der Waals surface area contributed by atoms with Gasteiger partial charge < -0.3 is 15.3 Å². The van der Waals surface area contributed by atoms with Crippen molar-refractivity contribution >= 4 is 12.0 Å². The summed E-state index contributed by atoms with van der Waals surface area (Å²) >= 11 is 0. The van der Waals surface area contributed by atoms with E-state index >= 15 is 0 Å². The monoisotopic (exact) mass is 268 g/mol. The Morgan fingerprint density at radius 3 is 2.63 bits per heavy atom. The van der Waals surface area contributed by atoms with Crippen LogP contribution in [0.2, 0.25) is 0 Å². The highest BCUT2D eigenvalue weighted by Crippen LogP contribution is 2.06. The van der Waals surface area contributed by atoms with Crippen molar-refractivity contribution in [3.63, 3.8) is 0 Å². The number of carbonyl (C=O) groups is 2. The standard InChI is InChI=1S/C13H17FN2O3/c1-9(12(17)18)16(2)13(19)15-8-7-10-5-3-4-6-11(10)14/h3-6,9H,7-8H2,1-2H3,(H,15,19)(H,17,18). The molecule has 104 valence electrons. The number of rotatable bonds is 5. The zero-order valence-corrected chi connectivity index (χ0v) is 10.9. The normalized spacial score (nSPS) is 11.7. The van der Waals surface area contributed by atoms with Crippen molar-refractivity contribution < 1.29 is 19.1 Å². The molecule has 2 N–H and O–H groups in total.